The summed E-state index contributed by atoms with van der Waals surface area (Å²) in [7, 11) is 0. The monoisotopic (exact) mass is 253 g/mol. The van der Waals surface area contributed by atoms with Crippen LogP contribution in [0.5, 0.6) is 0 Å². The van der Waals surface area contributed by atoms with Gasteiger partial charge in [-0.1, -0.05) is 27.7 Å². The SMILES string of the molecule is CC(CCCNC(=O)C(F)(F)F)CC(C)(C)C. The maximum Gasteiger partial charge on any atom is 0.471 e. The summed E-state index contributed by atoms with van der Waals surface area (Å²) >= 11 is 0. The molecule has 0 aromatic rings. The first-order valence-corrected chi connectivity index (χ1v) is 5.87. The topological polar surface area (TPSA) is 29.1 Å². The average molecular weight is 253 g/mol. The number of halogens is 3. The van der Waals surface area contributed by atoms with Crippen molar-refractivity contribution in [1.29, 1.82) is 0 Å². The third kappa shape index (κ3) is 9.01. The Hall–Kier alpha value is -0.740. The van der Waals surface area contributed by atoms with E-state index in [9.17, 15) is 18.0 Å². The van der Waals surface area contributed by atoms with Gasteiger partial charge in [-0.05, 0) is 30.6 Å². The van der Waals surface area contributed by atoms with E-state index >= 15 is 0 Å². The van der Waals surface area contributed by atoms with Crippen LogP contribution < -0.4 is 5.32 Å². The van der Waals surface area contributed by atoms with Crippen LogP contribution in [0.2, 0.25) is 0 Å². The summed E-state index contributed by atoms with van der Waals surface area (Å²) in [6.07, 6.45) is -2.33. The van der Waals surface area contributed by atoms with Gasteiger partial charge in [-0.15, -0.1) is 0 Å². The zero-order valence-electron chi connectivity index (χ0n) is 10.9. The fraction of sp³-hybridized carbons (Fsp3) is 0.917. The van der Waals surface area contributed by atoms with E-state index in [0.29, 0.717) is 12.3 Å². The molecule has 0 saturated carbocycles. The molecule has 2 nitrogen and oxygen atoms in total. The highest BCUT2D eigenvalue weighted by molar-refractivity contribution is 5.81. The molecule has 1 amide bonds. The summed E-state index contributed by atoms with van der Waals surface area (Å²) in [5.41, 5.74) is 0.231. The van der Waals surface area contributed by atoms with Crippen molar-refractivity contribution in [2.24, 2.45) is 11.3 Å². The average Bonchev–Trinajstić information content (AvgIpc) is 2.07. The molecule has 1 N–H and O–H groups in total. The molecule has 0 aromatic carbocycles. The number of alkyl halides is 3. The summed E-state index contributed by atoms with van der Waals surface area (Å²) in [6.45, 7) is 8.57. The van der Waals surface area contributed by atoms with Gasteiger partial charge in [0.25, 0.3) is 0 Å². The molecule has 5 heteroatoms. The molecule has 0 aliphatic carbocycles. The fourth-order valence-electron chi connectivity index (χ4n) is 1.90. The minimum atomic E-state index is -4.77. The van der Waals surface area contributed by atoms with E-state index in [-0.39, 0.29) is 12.0 Å². The van der Waals surface area contributed by atoms with Crippen molar-refractivity contribution in [3.8, 4) is 0 Å². The largest absolute Gasteiger partial charge is 0.471 e. The van der Waals surface area contributed by atoms with Gasteiger partial charge >= 0.3 is 12.1 Å². The summed E-state index contributed by atoms with van der Waals surface area (Å²) in [5, 5.41) is 1.88. The Labute approximate surface area is 101 Å². The lowest BCUT2D eigenvalue weighted by atomic mass is 9.84. The predicted octanol–water partition coefficient (Wildman–Crippen LogP) is 3.52. The van der Waals surface area contributed by atoms with E-state index in [1.807, 2.05) is 5.32 Å². The Morgan fingerprint density at radius 3 is 2.18 bits per heavy atom. The maximum absolute atomic E-state index is 11.8. The number of hydrogen-bond donors (Lipinski definition) is 1. The van der Waals surface area contributed by atoms with Gasteiger partial charge < -0.3 is 5.32 Å². The second-order valence-electron chi connectivity index (χ2n) is 5.77. The zero-order valence-corrected chi connectivity index (χ0v) is 10.9. The van der Waals surface area contributed by atoms with Crippen LogP contribution >= 0.6 is 0 Å². The van der Waals surface area contributed by atoms with Crippen molar-refractivity contribution in [1.82, 2.24) is 5.32 Å². The molecule has 0 spiro atoms. The predicted molar refractivity (Wildman–Crippen MR) is 61.5 cm³/mol. The van der Waals surface area contributed by atoms with E-state index in [1.165, 1.54) is 0 Å². The Morgan fingerprint density at radius 2 is 1.76 bits per heavy atom. The molecule has 0 fully saturated rings. The second kappa shape index (κ2) is 6.26. The van der Waals surface area contributed by atoms with Gasteiger partial charge in [-0.25, -0.2) is 0 Å². The number of hydrogen-bond acceptors (Lipinski definition) is 1. The maximum atomic E-state index is 11.8. The Bertz CT molecular complexity index is 243. The van der Waals surface area contributed by atoms with Crippen LogP contribution in [0, 0.1) is 11.3 Å². The zero-order chi connectivity index (χ0) is 13.7. The van der Waals surface area contributed by atoms with Crippen LogP contribution in [-0.2, 0) is 4.79 Å². The summed E-state index contributed by atoms with van der Waals surface area (Å²) < 4.78 is 35.5. The van der Waals surface area contributed by atoms with Gasteiger partial charge in [0.2, 0.25) is 0 Å². The Kier molecular flexibility index (Phi) is 5.99. The minimum Gasteiger partial charge on any atom is -0.348 e. The normalized spacial score (nSPS) is 14.5. The minimum absolute atomic E-state index is 0.0901. The highest BCUT2D eigenvalue weighted by atomic mass is 19.4. The molecule has 0 bridgehead atoms. The molecule has 0 saturated heterocycles. The van der Waals surface area contributed by atoms with Crippen LogP contribution in [-0.4, -0.2) is 18.6 Å². The molecule has 0 aliphatic heterocycles. The van der Waals surface area contributed by atoms with Crippen LogP contribution in [0.4, 0.5) is 13.2 Å². The van der Waals surface area contributed by atoms with Gasteiger partial charge in [0, 0.05) is 6.54 Å². The van der Waals surface area contributed by atoms with E-state index in [1.54, 1.807) is 0 Å². The molecule has 0 rings (SSSR count). The van der Waals surface area contributed by atoms with Gasteiger partial charge in [0.15, 0.2) is 0 Å². The first-order chi connectivity index (χ1) is 7.52. The number of nitrogens with one attached hydrogen (secondary N) is 1. The lowest BCUT2D eigenvalue weighted by Gasteiger charge is -2.23. The quantitative estimate of drug-likeness (QED) is 0.746. The molecule has 1 atom stereocenters. The van der Waals surface area contributed by atoms with Crippen molar-refractivity contribution < 1.29 is 18.0 Å². The van der Waals surface area contributed by atoms with Crippen molar-refractivity contribution in [3.05, 3.63) is 0 Å². The highest BCUT2D eigenvalue weighted by Gasteiger charge is 2.38. The lowest BCUT2D eigenvalue weighted by molar-refractivity contribution is -0.173. The number of carbonyl (C=O) groups is 1. The van der Waals surface area contributed by atoms with Crippen LogP contribution in [0.1, 0.15) is 47.0 Å². The van der Waals surface area contributed by atoms with Crippen molar-refractivity contribution in [2.45, 2.75) is 53.1 Å². The number of carbonyl (C=O) groups excluding carboxylic acids is 1. The van der Waals surface area contributed by atoms with Crippen molar-refractivity contribution in [2.75, 3.05) is 6.54 Å². The van der Waals surface area contributed by atoms with E-state index < -0.39 is 12.1 Å². The van der Waals surface area contributed by atoms with E-state index in [0.717, 1.165) is 12.8 Å². The summed E-state index contributed by atoms with van der Waals surface area (Å²) in [5.74, 6) is -1.39. The molecule has 17 heavy (non-hydrogen) atoms. The second-order valence-corrected chi connectivity index (χ2v) is 5.77. The standard InChI is InChI=1S/C12H22F3NO/c1-9(8-11(2,3)4)6-5-7-16-10(17)12(13,14)15/h9H,5-8H2,1-4H3,(H,16,17). The first kappa shape index (κ1) is 16.3. The molecule has 0 aliphatic rings. The van der Waals surface area contributed by atoms with E-state index in [4.69, 9.17) is 0 Å². The van der Waals surface area contributed by atoms with Gasteiger partial charge in [-0.2, -0.15) is 13.2 Å². The van der Waals surface area contributed by atoms with Crippen LogP contribution in [0.15, 0.2) is 0 Å². The van der Waals surface area contributed by atoms with Crippen molar-refractivity contribution in [3.63, 3.8) is 0 Å². The summed E-state index contributed by atoms with van der Waals surface area (Å²) in [4.78, 5) is 10.5. The molecule has 0 radical (unpaired) electrons. The molecule has 0 aromatic heterocycles. The van der Waals surface area contributed by atoms with Gasteiger partial charge in [-0.3, -0.25) is 4.79 Å². The third-order valence-corrected chi connectivity index (χ3v) is 2.38. The molecular weight excluding hydrogens is 231 g/mol. The number of rotatable bonds is 5. The molecule has 0 heterocycles. The van der Waals surface area contributed by atoms with Gasteiger partial charge in [0.05, 0.1) is 0 Å². The Morgan fingerprint density at radius 1 is 1.24 bits per heavy atom. The highest BCUT2D eigenvalue weighted by Crippen LogP contribution is 2.26. The van der Waals surface area contributed by atoms with Crippen LogP contribution in [0.25, 0.3) is 0 Å². The smallest absolute Gasteiger partial charge is 0.348 e. The number of amides is 1. The lowest BCUT2D eigenvalue weighted by Crippen LogP contribution is -2.37. The molecule has 1 unspecified atom stereocenters. The third-order valence-electron chi connectivity index (χ3n) is 2.38. The fourth-order valence-corrected chi connectivity index (χ4v) is 1.90. The molecular formula is C12H22F3NO. The Balaban J connectivity index is 3.69. The summed E-state index contributed by atoms with van der Waals surface area (Å²) in [6, 6.07) is 0. The molecule has 102 valence electrons. The first-order valence-electron chi connectivity index (χ1n) is 5.87. The van der Waals surface area contributed by atoms with Crippen molar-refractivity contribution >= 4 is 5.91 Å². The van der Waals surface area contributed by atoms with Gasteiger partial charge in [0.1, 0.15) is 0 Å². The van der Waals surface area contributed by atoms with E-state index in [2.05, 4.69) is 27.7 Å². The van der Waals surface area contributed by atoms with Crippen LogP contribution in [0.3, 0.4) is 0 Å².